The molecule has 0 aliphatic carbocycles. The zero-order valence-corrected chi connectivity index (χ0v) is 17.6. The number of nitrogens with one attached hydrogen (secondary N) is 1. The summed E-state index contributed by atoms with van der Waals surface area (Å²) in [6.07, 6.45) is 1.40. The van der Waals surface area contributed by atoms with Crippen molar-refractivity contribution in [2.45, 2.75) is 4.90 Å². The Morgan fingerprint density at radius 1 is 1.18 bits per heavy atom. The van der Waals surface area contributed by atoms with Crippen molar-refractivity contribution in [2.75, 3.05) is 18.4 Å². The van der Waals surface area contributed by atoms with Gasteiger partial charge in [-0.2, -0.15) is 9.61 Å². The number of aromatic nitrogens is 5. The predicted octanol–water partition coefficient (Wildman–Crippen LogP) is 1.62. The molecule has 10 nitrogen and oxygen atoms in total. The van der Waals surface area contributed by atoms with Gasteiger partial charge in [0.1, 0.15) is 28.8 Å². The van der Waals surface area contributed by atoms with E-state index in [9.17, 15) is 17.2 Å². The van der Waals surface area contributed by atoms with Crippen LogP contribution in [0.3, 0.4) is 0 Å². The Kier molecular flexibility index (Phi) is 5.86. The van der Waals surface area contributed by atoms with Crippen LogP contribution in [0.2, 0.25) is 0 Å². The highest BCUT2D eigenvalue weighted by molar-refractivity contribution is 7.92. The number of sulfonamides is 1. The van der Waals surface area contributed by atoms with Crippen LogP contribution in [0.15, 0.2) is 47.5 Å². The predicted molar refractivity (Wildman–Crippen MR) is 112 cm³/mol. The zero-order chi connectivity index (χ0) is 23.6. The second-order valence-corrected chi connectivity index (χ2v) is 8.08. The summed E-state index contributed by atoms with van der Waals surface area (Å²) in [5.74, 6) is 3.03. The van der Waals surface area contributed by atoms with E-state index < -0.39 is 26.6 Å². The van der Waals surface area contributed by atoms with Gasteiger partial charge in [0.2, 0.25) is 11.7 Å². The number of ether oxygens (including phenoxy) is 1. The van der Waals surface area contributed by atoms with E-state index in [1.807, 2.05) is 0 Å². The first-order chi connectivity index (χ1) is 15.8. The third-order valence-electron chi connectivity index (χ3n) is 4.31. The molecule has 33 heavy (non-hydrogen) atoms. The quantitative estimate of drug-likeness (QED) is 0.419. The summed E-state index contributed by atoms with van der Waals surface area (Å²) in [7, 11) is -3.15. The van der Waals surface area contributed by atoms with Gasteiger partial charge >= 0.3 is 0 Å². The van der Waals surface area contributed by atoms with Crippen molar-refractivity contribution in [1.29, 1.82) is 0 Å². The Labute approximate surface area is 185 Å². The lowest BCUT2D eigenvalue weighted by Gasteiger charge is -2.13. The van der Waals surface area contributed by atoms with Gasteiger partial charge in [-0.05, 0) is 36.3 Å². The third kappa shape index (κ3) is 4.43. The molecule has 0 aliphatic heterocycles. The number of fused-ring (bicyclic) bond motifs is 1. The Bertz CT molecular complexity index is 1530. The fourth-order valence-corrected chi connectivity index (χ4v) is 3.97. The van der Waals surface area contributed by atoms with Crippen molar-refractivity contribution in [1.82, 2.24) is 24.8 Å². The minimum atomic E-state index is -4.43. The molecule has 0 radical (unpaired) electrons. The fraction of sp³-hybridized carbons (Fsp3) is 0.100. The van der Waals surface area contributed by atoms with Crippen molar-refractivity contribution in [3.63, 3.8) is 0 Å². The van der Waals surface area contributed by atoms with Gasteiger partial charge in [0.15, 0.2) is 5.65 Å². The number of hydrogen-bond donors (Lipinski definition) is 2. The van der Waals surface area contributed by atoms with Gasteiger partial charge in [-0.1, -0.05) is 5.92 Å². The molecule has 4 rings (SSSR count). The van der Waals surface area contributed by atoms with E-state index in [1.165, 1.54) is 23.9 Å². The number of benzene rings is 1. The van der Waals surface area contributed by atoms with E-state index in [0.29, 0.717) is 23.0 Å². The summed E-state index contributed by atoms with van der Waals surface area (Å²) in [5, 5.41) is 21.1. The van der Waals surface area contributed by atoms with Crippen molar-refractivity contribution >= 4 is 21.4 Å². The first-order valence-corrected chi connectivity index (χ1v) is 10.6. The molecule has 3 aromatic heterocycles. The van der Waals surface area contributed by atoms with Gasteiger partial charge in [-0.3, -0.25) is 4.72 Å². The van der Waals surface area contributed by atoms with E-state index in [4.69, 9.17) is 9.84 Å². The second-order valence-electron chi connectivity index (χ2n) is 6.43. The number of pyridine rings is 1. The van der Waals surface area contributed by atoms with E-state index in [2.05, 4.69) is 36.8 Å². The van der Waals surface area contributed by atoms with Crippen molar-refractivity contribution in [2.24, 2.45) is 0 Å². The van der Waals surface area contributed by atoms with Gasteiger partial charge in [0.25, 0.3) is 10.0 Å². The number of rotatable bonds is 5. The number of halogens is 2. The van der Waals surface area contributed by atoms with E-state index in [0.717, 1.165) is 12.1 Å². The molecule has 13 heteroatoms. The molecule has 0 atom stereocenters. The molecule has 2 N–H and O–H groups in total. The molecule has 0 unspecified atom stereocenters. The summed E-state index contributed by atoms with van der Waals surface area (Å²) in [6, 6.07) is 6.72. The Morgan fingerprint density at radius 2 is 2.00 bits per heavy atom. The maximum atomic E-state index is 14.1. The van der Waals surface area contributed by atoms with Gasteiger partial charge in [-0.25, -0.2) is 22.2 Å². The van der Waals surface area contributed by atoms with Crippen molar-refractivity contribution in [3.05, 3.63) is 60.1 Å². The van der Waals surface area contributed by atoms with Crippen LogP contribution in [-0.4, -0.2) is 52.0 Å². The molecule has 0 bridgehead atoms. The summed E-state index contributed by atoms with van der Waals surface area (Å²) >= 11 is 0. The zero-order valence-electron chi connectivity index (χ0n) is 16.8. The van der Waals surface area contributed by atoms with Crippen LogP contribution in [0.1, 0.15) is 5.82 Å². The number of hydrogen-bond acceptors (Lipinski definition) is 8. The number of aliphatic hydroxyl groups is 1. The van der Waals surface area contributed by atoms with E-state index >= 15 is 0 Å². The van der Waals surface area contributed by atoms with Crippen LogP contribution in [0.25, 0.3) is 16.9 Å². The fourth-order valence-electron chi connectivity index (χ4n) is 2.86. The highest BCUT2D eigenvalue weighted by Crippen LogP contribution is 2.30. The lowest BCUT2D eigenvalue weighted by molar-refractivity contribution is 0.350. The highest BCUT2D eigenvalue weighted by Gasteiger charge is 2.22. The number of methoxy groups -OCH3 is 1. The normalized spacial score (nSPS) is 11.2. The van der Waals surface area contributed by atoms with Crippen LogP contribution >= 0.6 is 0 Å². The maximum Gasteiger partial charge on any atom is 0.264 e. The van der Waals surface area contributed by atoms with Crippen LogP contribution < -0.4 is 9.46 Å². The molecule has 0 aliphatic rings. The molecule has 0 saturated carbocycles. The average molecular weight is 472 g/mol. The molecule has 0 spiro atoms. The summed E-state index contributed by atoms with van der Waals surface area (Å²) in [6.45, 7) is -0.366. The first kappa shape index (κ1) is 22.1. The number of nitrogens with zero attached hydrogens (tertiary/aromatic N) is 5. The molecule has 0 amide bonds. The van der Waals surface area contributed by atoms with E-state index in [1.54, 1.807) is 12.1 Å². The smallest absolute Gasteiger partial charge is 0.264 e. The van der Waals surface area contributed by atoms with Crippen LogP contribution in [-0.2, 0) is 10.0 Å². The SMILES string of the molecule is COc1ncc(-c2ccc3nnc(C#CCO)n3n2)cc1NS(=O)(=O)c1ccc(F)cc1F. The van der Waals surface area contributed by atoms with Gasteiger partial charge < -0.3 is 9.84 Å². The minimum absolute atomic E-state index is 0.0790. The number of aliphatic hydroxyl groups excluding tert-OH is 1. The Balaban J connectivity index is 1.76. The van der Waals surface area contributed by atoms with Crippen molar-refractivity contribution < 1.29 is 27.0 Å². The lowest BCUT2D eigenvalue weighted by Crippen LogP contribution is -2.16. The third-order valence-corrected chi connectivity index (χ3v) is 5.71. The minimum Gasteiger partial charge on any atom is -0.480 e. The van der Waals surface area contributed by atoms with Gasteiger partial charge in [0.05, 0.1) is 12.8 Å². The maximum absolute atomic E-state index is 14.1. The average Bonchev–Trinajstić information content (AvgIpc) is 3.19. The highest BCUT2D eigenvalue weighted by atomic mass is 32.2. The Morgan fingerprint density at radius 3 is 2.73 bits per heavy atom. The van der Waals surface area contributed by atoms with Crippen molar-refractivity contribution in [3.8, 4) is 29.0 Å². The first-order valence-electron chi connectivity index (χ1n) is 9.17. The van der Waals surface area contributed by atoms with Crippen LogP contribution in [0.4, 0.5) is 14.5 Å². The molecular weight excluding hydrogens is 458 g/mol. The van der Waals surface area contributed by atoms with E-state index in [-0.39, 0.29) is 24.0 Å². The van der Waals surface area contributed by atoms with Crippen LogP contribution in [0, 0.1) is 23.5 Å². The van der Waals surface area contributed by atoms with Crippen LogP contribution in [0.5, 0.6) is 5.88 Å². The molecule has 1 aromatic carbocycles. The monoisotopic (exact) mass is 472 g/mol. The molecule has 4 aromatic rings. The largest absolute Gasteiger partial charge is 0.480 e. The topological polar surface area (TPSA) is 132 Å². The molecule has 0 saturated heterocycles. The Hall–Kier alpha value is -4.15. The summed E-state index contributed by atoms with van der Waals surface area (Å²) < 4.78 is 61.3. The molecule has 0 fully saturated rings. The van der Waals surface area contributed by atoms with Gasteiger partial charge in [-0.15, -0.1) is 10.2 Å². The summed E-state index contributed by atoms with van der Waals surface area (Å²) in [5.41, 5.74) is 1.04. The second kappa shape index (κ2) is 8.77. The standard InChI is InChI=1S/C20H14F2N6O4S/c1-32-20-16(27-33(30,31)17-6-4-13(21)10-14(17)22)9-12(11-23-20)15-5-7-19-25-24-18(3-2-8-29)28(19)26-15/h4-7,9-11,27,29H,8H2,1H3. The summed E-state index contributed by atoms with van der Waals surface area (Å²) in [4.78, 5) is 3.34. The molecule has 3 heterocycles. The van der Waals surface area contributed by atoms with Gasteiger partial charge in [0, 0.05) is 17.8 Å². The molecular formula is C20H14F2N6O4S. The molecule has 168 valence electrons. The number of anilines is 1. The lowest BCUT2D eigenvalue weighted by atomic mass is 10.2.